The van der Waals surface area contributed by atoms with Gasteiger partial charge in [-0.1, -0.05) is 34.6 Å². The summed E-state index contributed by atoms with van der Waals surface area (Å²) in [5, 5.41) is 34.4. The zero-order valence-corrected chi connectivity index (χ0v) is 31.7. The minimum absolute atomic E-state index is 0.0353. The van der Waals surface area contributed by atoms with Crippen LogP contribution in [-0.4, -0.2) is 88.0 Å². The monoisotopic (exact) mass is 702 g/mol. The van der Waals surface area contributed by atoms with Crippen LogP contribution in [0.4, 0.5) is 0 Å². The predicted octanol–water partition coefficient (Wildman–Crippen LogP) is 4.93. The molecule has 8 aliphatic rings. The van der Waals surface area contributed by atoms with Gasteiger partial charge in [-0.2, -0.15) is 0 Å². The zero-order chi connectivity index (χ0) is 36.2. The fourth-order valence-electron chi connectivity index (χ4n) is 15.5. The number of esters is 2. The van der Waals surface area contributed by atoms with Gasteiger partial charge in [0.1, 0.15) is 17.8 Å². The molecule has 8 fully saturated rings. The molecule has 3 aliphatic heterocycles. The first kappa shape index (κ1) is 35.7. The molecule has 5 saturated carbocycles. The molecule has 3 N–H and O–H groups in total. The number of rotatable bonds is 5. The summed E-state index contributed by atoms with van der Waals surface area (Å²) in [5.41, 5.74) is -1.54. The van der Waals surface area contributed by atoms with E-state index in [0.29, 0.717) is 17.8 Å². The van der Waals surface area contributed by atoms with Gasteiger partial charge in [0.05, 0.1) is 30.5 Å². The third kappa shape index (κ3) is 4.29. The van der Waals surface area contributed by atoms with Crippen molar-refractivity contribution in [1.82, 2.24) is 0 Å². The first-order valence-electron chi connectivity index (χ1n) is 19.6. The molecule has 0 radical (unpaired) electrons. The molecule has 0 aromatic carbocycles. The van der Waals surface area contributed by atoms with Crippen LogP contribution in [0.5, 0.6) is 0 Å². The lowest BCUT2D eigenvalue weighted by Crippen LogP contribution is -2.61. The lowest BCUT2D eigenvalue weighted by molar-refractivity contribution is -0.304. The average molecular weight is 703 g/mol. The van der Waals surface area contributed by atoms with E-state index in [0.717, 1.165) is 44.9 Å². The lowest BCUT2D eigenvalue weighted by atomic mass is 9.41. The van der Waals surface area contributed by atoms with E-state index in [1.54, 1.807) is 0 Å². The Morgan fingerprint density at radius 1 is 0.900 bits per heavy atom. The van der Waals surface area contributed by atoms with E-state index in [1.807, 2.05) is 13.8 Å². The van der Waals surface area contributed by atoms with Crippen LogP contribution in [-0.2, 0) is 33.3 Å². The minimum Gasteiger partial charge on any atom is -0.459 e. The Balaban J connectivity index is 1.06. The van der Waals surface area contributed by atoms with Crippen LogP contribution in [0.2, 0.25) is 0 Å². The molecular formula is C40H62O10. The molecule has 0 unspecified atom stereocenters. The molecule has 3 heterocycles. The molecule has 17 atom stereocenters. The SMILES string of the molecule is CC(=O)O[C@@H]1[C@@H](O)[C@H](O[C@H]2CC[C@]34C[C@]35CC[C@]3(C)[C@H]6[C@H](C)C[C@H]7O[C@@]6(C[C@@H]7C(C)(C)OC(C)=O)[C@H](O)[C@@]3(C)[C@@H]5CC[C@H]4C2(C)C)OC[C@H]1O. The number of fused-ring (bicyclic) bond motifs is 4. The van der Waals surface area contributed by atoms with Crippen LogP contribution in [0.25, 0.3) is 0 Å². The van der Waals surface area contributed by atoms with Gasteiger partial charge in [0.25, 0.3) is 0 Å². The van der Waals surface area contributed by atoms with Crippen molar-refractivity contribution in [2.45, 2.75) is 174 Å². The largest absolute Gasteiger partial charge is 0.459 e. The van der Waals surface area contributed by atoms with Crippen LogP contribution >= 0.6 is 0 Å². The summed E-state index contributed by atoms with van der Waals surface area (Å²) in [6, 6.07) is 0. The van der Waals surface area contributed by atoms with Crippen molar-refractivity contribution < 1.29 is 48.6 Å². The Morgan fingerprint density at radius 2 is 1.58 bits per heavy atom. The van der Waals surface area contributed by atoms with Gasteiger partial charge in [0.15, 0.2) is 12.4 Å². The summed E-state index contributed by atoms with van der Waals surface area (Å²) < 4.78 is 30.7. The second kappa shape index (κ2) is 10.9. The first-order valence-corrected chi connectivity index (χ1v) is 19.6. The number of hydrogen-bond donors (Lipinski definition) is 3. The molecule has 5 aliphatic carbocycles. The number of aliphatic hydroxyl groups excluding tert-OH is 3. The normalized spacial score (nSPS) is 55.8. The highest BCUT2D eigenvalue weighted by molar-refractivity contribution is 5.66. The van der Waals surface area contributed by atoms with Crippen LogP contribution < -0.4 is 0 Å². The topological polar surface area (TPSA) is 141 Å². The first-order chi connectivity index (χ1) is 23.2. The number of carbonyl (C=O) groups is 2. The van der Waals surface area contributed by atoms with E-state index in [9.17, 15) is 24.9 Å². The smallest absolute Gasteiger partial charge is 0.303 e. The Morgan fingerprint density at radius 3 is 2.26 bits per heavy atom. The minimum atomic E-state index is -1.28. The van der Waals surface area contributed by atoms with Crippen LogP contribution in [0, 0.1) is 56.7 Å². The summed E-state index contributed by atoms with van der Waals surface area (Å²) in [5.74, 6) is 0.653. The van der Waals surface area contributed by atoms with Crippen molar-refractivity contribution in [3.8, 4) is 0 Å². The summed E-state index contributed by atoms with van der Waals surface area (Å²) in [7, 11) is 0. The van der Waals surface area contributed by atoms with Crippen molar-refractivity contribution in [3.63, 3.8) is 0 Å². The number of aliphatic hydroxyl groups is 3. The maximum absolute atomic E-state index is 13.0. The number of carbonyl (C=O) groups excluding carboxylic acids is 2. The van der Waals surface area contributed by atoms with Crippen molar-refractivity contribution >= 4 is 11.9 Å². The van der Waals surface area contributed by atoms with Gasteiger partial charge in [0, 0.05) is 25.2 Å². The van der Waals surface area contributed by atoms with Crippen molar-refractivity contribution in [2.75, 3.05) is 6.61 Å². The fourth-order valence-corrected chi connectivity index (χ4v) is 15.5. The van der Waals surface area contributed by atoms with Crippen molar-refractivity contribution in [2.24, 2.45) is 56.7 Å². The summed E-state index contributed by atoms with van der Waals surface area (Å²) in [4.78, 5) is 23.9. The third-order valence-corrected chi connectivity index (χ3v) is 17.3. The van der Waals surface area contributed by atoms with E-state index < -0.39 is 47.9 Å². The molecule has 8 rings (SSSR count). The van der Waals surface area contributed by atoms with Crippen LogP contribution in [0.3, 0.4) is 0 Å². The van der Waals surface area contributed by atoms with Crippen LogP contribution in [0.1, 0.15) is 120 Å². The molecule has 0 aromatic heterocycles. The summed E-state index contributed by atoms with van der Waals surface area (Å²) >= 11 is 0. The second-order valence-electron chi connectivity index (χ2n) is 19.9. The highest BCUT2D eigenvalue weighted by Gasteiger charge is 2.87. The second-order valence-corrected chi connectivity index (χ2v) is 19.9. The molecule has 10 heteroatoms. The molecule has 282 valence electrons. The van der Waals surface area contributed by atoms with Crippen LogP contribution in [0.15, 0.2) is 0 Å². The van der Waals surface area contributed by atoms with Gasteiger partial charge in [-0.05, 0) is 117 Å². The highest BCUT2D eigenvalue weighted by Crippen LogP contribution is 2.90. The molecule has 10 nitrogen and oxygen atoms in total. The van der Waals surface area contributed by atoms with Gasteiger partial charge < -0.3 is 39.0 Å². The van der Waals surface area contributed by atoms with Gasteiger partial charge in [0.2, 0.25) is 0 Å². The highest BCUT2D eigenvalue weighted by atomic mass is 16.7. The van der Waals surface area contributed by atoms with Crippen molar-refractivity contribution in [3.05, 3.63) is 0 Å². The van der Waals surface area contributed by atoms with Crippen molar-refractivity contribution in [1.29, 1.82) is 0 Å². The maximum Gasteiger partial charge on any atom is 0.303 e. The van der Waals surface area contributed by atoms with E-state index in [1.165, 1.54) is 26.7 Å². The summed E-state index contributed by atoms with van der Waals surface area (Å²) in [6.45, 7) is 18.6. The standard InChI is InChI=1S/C40H62O10/c1-20-16-25-23(35(6,7)49-22(3)42)17-40(50-25)31(20)36(8)14-15-39-19-38(39)13-12-28(48-32-29(44)30(47-21(2)41)24(43)18-46-32)34(4,5)26(38)10-11-27(39)37(36,9)33(40)45/h20,23-33,43-45H,10-19H2,1-9H3/t20-,23+,24-,25-,26+,27+,28+,29-,30+,31-,32+,33-,36-,37-,38-,39+,40-/m1/s1. The Labute approximate surface area is 297 Å². The summed E-state index contributed by atoms with van der Waals surface area (Å²) in [6.07, 6.45) is 3.82. The van der Waals surface area contributed by atoms with Gasteiger partial charge in [-0.3, -0.25) is 9.59 Å². The average Bonchev–Trinajstić information content (AvgIpc) is 3.53. The maximum atomic E-state index is 13.0. The van der Waals surface area contributed by atoms with E-state index in [2.05, 4.69) is 34.6 Å². The lowest BCUT2D eigenvalue weighted by Gasteiger charge is -2.64. The molecule has 0 amide bonds. The molecule has 2 bridgehead atoms. The molecule has 0 aromatic rings. The quantitative estimate of drug-likeness (QED) is 0.267. The third-order valence-electron chi connectivity index (χ3n) is 17.3. The van der Waals surface area contributed by atoms with Gasteiger partial charge >= 0.3 is 11.9 Å². The molecule has 3 saturated heterocycles. The Kier molecular flexibility index (Phi) is 7.78. The Bertz CT molecular complexity index is 1430. The fraction of sp³-hybridized carbons (Fsp3) is 0.950. The number of hydrogen-bond acceptors (Lipinski definition) is 10. The van der Waals surface area contributed by atoms with Gasteiger partial charge in [-0.15, -0.1) is 0 Å². The Hall–Kier alpha value is -1.30. The van der Waals surface area contributed by atoms with E-state index in [4.69, 9.17) is 23.7 Å². The zero-order valence-electron chi connectivity index (χ0n) is 31.7. The van der Waals surface area contributed by atoms with E-state index in [-0.39, 0.29) is 63.7 Å². The molecule has 3 spiro atoms. The number of ether oxygens (including phenoxy) is 5. The molecule has 50 heavy (non-hydrogen) atoms. The van der Waals surface area contributed by atoms with Gasteiger partial charge in [-0.25, -0.2) is 0 Å². The predicted molar refractivity (Wildman–Crippen MR) is 181 cm³/mol. The molecular weight excluding hydrogens is 640 g/mol. The van der Waals surface area contributed by atoms with E-state index >= 15 is 0 Å².